The van der Waals surface area contributed by atoms with Crippen LogP contribution in [0.15, 0.2) is 12.1 Å². The molecule has 0 bridgehead atoms. The molecule has 0 aliphatic carbocycles. The molecule has 7 heteroatoms. The number of benzene rings is 1. The third-order valence-electron chi connectivity index (χ3n) is 2.92. The summed E-state index contributed by atoms with van der Waals surface area (Å²) in [5, 5.41) is 10.9. The van der Waals surface area contributed by atoms with E-state index in [1.54, 1.807) is 6.92 Å². The van der Waals surface area contributed by atoms with Crippen LogP contribution in [-0.2, 0) is 0 Å². The molecule has 1 aromatic carbocycles. The van der Waals surface area contributed by atoms with Crippen molar-refractivity contribution in [3.05, 3.63) is 39.4 Å². The van der Waals surface area contributed by atoms with Gasteiger partial charge >= 0.3 is 0 Å². The lowest BCUT2D eigenvalue weighted by atomic mass is 10.1. The van der Waals surface area contributed by atoms with Crippen LogP contribution in [0.25, 0.3) is 0 Å². The second-order valence-electron chi connectivity index (χ2n) is 4.28. The molecule has 0 heterocycles. The lowest BCUT2D eigenvalue weighted by molar-refractivity contribution is -0.385. The highest BCUT2D eigenvalue weighted by Gasteiger charge is 2.26. The van der Waals surface area contributed by atoms with Crippen LogP contribution in [0.1, 0.15) is 37.0 Å². The van der Waals surface area contributed by atoms with Gasteiger partial charge in [-0.3, -0.25) is 14.9 Å². The van der Waals surface area contributed by atoms with Gasteiger partial charge < -0.3 is 4.90 Å². The Hall–Kier alpha value is -2.05. The normalized spacial score (nSPS) is 10.4. The molecule has 0 atom stereocenters. The van der Waals surface area contributed by atoms with Crippen molar-refractivity contribution in [2.45, 2.75) is 26.7 Å². The fraction of sp³-hybridized carbons (Fsp3) is 0.462. The number of halogens is 2. The van der Waals surface area contributed by atoms with Crippen molar-refractivity contribution >= 4 is 11.6 Å². The number of carbonyl (C=O) groups is 1. The molecule has 20 heavy (non-hydrogen) atoms. The molecule has 5 nitrogen and oxygen atoms in total. The molecule has 0 radical (unpaired) electrons. The van der Waals surface area contributed by atoms with Crippen LogP contribution < -0.4 is 0 Å². The summed E-state index contributed by atoms with van der Waals surface area (Å²) in [6.45, 7) is 4.43. The molecule has 0 saturated heterocycles. The second kappa shape index (κ2) is 6.93. The quantitative estimate of drug-likeness (QED) is 0.596. The van der Waals surface area contributed by atoms with Gasteiger partial charge in [0, 0.05) is 13.1 Å². The average Bonchev–Trinajstić information content (AvgIpc) is 2.41. The molecule has 0 aliphatic rings. The number of hydrogen-bond donors (Lipinski definition) is 0. The first-order chi connectivity index (χ1) is 9.42. The van der Waals surface area contributed by atoms with Gasteiger partial charge in [-0.05, 0) is 19.4 Å². The number of carbonyl (C=O) groups excluding carboxylic acids is 1. The number of unbranched alkanes of at least 4 members (excludes halogenated alkanes) is 1. The zero-order valence-electron chi connectivity index (χ0n) is 11.4. The van der Waals surface area contributed by atoms with Gasteiger partial charge in [0.25, 0.3) is 11.6 Å². The van der Waals surface area contributed by atoms with Gasteiger partial charge in [0.05, 0.1) is 11.0 Å². The standard InChI is InChI=1S/C13H16F2N2O3/c1-3-5-6-16(4-2)13(18)9-7-10(14)11(15)8-12(9)17(19)20/h7-8H,3-6H2,1-2H3. The van der Waals surface area contributed by atoms with Crippen molar-refractivity contribution in [3.8, 4) is 0 Å². The van der Waals surface area contributed by atoms with E-state index in [4.69, 9.17) is 0 Å². The number of nitrogens with zero attached hydrogens (tertiary/aromatic N) is 2. The van der Waals surface area contributed by atoms with E-state index in [1.807, 2.05) is 6.92 Å². The summed E-state index contributed by atoms with van der Waals surface area (Å²) in [7, 11) is 0. The van der Waals surface area contributed by atoms with Crippen LogP contribution in [-0.4, -0.2) is 28.8 Å². The molecule has 110 valence electrons. The Kier molecular flexibility index (Phi) is 5.54. The lowest BCUT2D eigenvalue weighted by Crippen LogP contribution is -2.32. The largest absolute Gasteiger partial charge is 0.339 e. The Balaban J connectivity index is 3.19. The van der Waals surface area contributed by atoms with Crippen molar-refractivity contribution < 1.29 is 18.5 Å². The molecular formula is C13H16F2N2O3. The van der Waals surface area contributed by atoms with E-state index < -0.39 is 33.7 Å². The Morgan fingerprint density at radius 3 is 2.40 bits per heavy atom. The fourth-order valence-electron chi connectivity index (χ4n) is 1.78. The predicted molar refractivity (Wildman–Crippen MR) is 69.5 cm³/mol. The van der Waals surface area contributed by atoms with Gasteiger partial charge in [0.1, 0.15) is 5.56 Å². The van der Waals surface area contributed by atoms with Crippen molar-refractivity contribution in [2.24, 2.45) is 0 Å². The van der Waals surface area contributed by atoms with Crippen molar-refractivity contribution in [3.63, 3.8) is 0 Å². The number of nitro benzene ring substituents is 1. The maximum absolute atomic E-state index is 13.2. The first kappa shape index (κ1) is 16.0. The summed E-state index contributed by atoms with van der Waals surface area (Å²) in [5.74, 6) is -3.28. The fourth-order valence-corrected chi connectivity index (χ4v) is 1.78. The van der Waals surface area contributed by atoms with E-state index >= 15 is 0 Å². The van der Waals surface area contributed by atoms with E-state index in [-0.39, 0.29) is 0 Å². The van der Waals surface area contributed by atoms with Gasteiger partial charge in [-0.2, -0.15) is 0 Å². The summed E-state index contributed by atoms with van der Waals surface area (Å²) in [6, 6.07) is 1.03. The maximum Gasteiger partial charge on any atom is 0.285 e. The molecule has 0 N–H and O–H groups in total. The summed E-state index contributed by atoms with van der Waals surface area (Å²) in [6.07, 6.45) is 1.58. The smallest absolute Gasteiger partial charge is 0.285 e. The lowest BCUT2D eigenvalue weighted by Gasteiger charge is -2.20. The van der Waals surface area contributed by atoms with Crippen LogP contribution >= 0.6 is 0 Å². The third kappa shape index (κ3) is 3.49. The van der Waals surface area contributed by atoms with Gasteiger partial charge in [-0.15, -0.1) is 0 Å². The first-order valence-corrected chi connectivity index (χ1v) is 6.35. The third-order valence-corrected chi connectivity index (χ3v) is 2.92. The predicted octanol–water partition coefficient (Wildman–Crippen LogP) is 3.14. The zero-order valence-corrected chi connectivity index (χ0v) is 11.4. The SMILES string of the molecule is CCCCN(CC)C(=O)c1cc(F)c(F)cc1[N+](=O)[O-]. The Labute approximate surface area is 115 Å². The Bertz CT molecular complexity index is 521. The van der Waals surface area contributed by atoms with Crippen LogP contribution in [0.4, 0.5) is 14.5 Å². The summed E-state index contributed by atoms with van der Waals surface area (Å²) in [5.41, 5.74) is -1.14. The molecule has 0 aliphatic heterocycles. The van der Waals surface area contributed by atoms with E-state index in [9.17, 15) is 23.7 Å². The monoisotopic (exact) mass is 286 g/mol. The minimum atomic E-state index is -1.34. The van der Waals surface area contributed by atoms with Crippen LogP contribution in [0.3, 0.4) is 0 Å². The van der Waals surface area contributed by atoms with Gasteiger partial charge in [-0.1, -0.05) is 13.3 Å². The van der Waals surface area contributed by atoms with Crippen molar-refractivity contribution in [1.82, 2.24) is 4.90 Å². The topological polar surface area (TPSA) is 63.5 Å². The number of nitro groups is 1. The molecule has 0 unspecified atom stereocenters. The highest BCUT2D eigenvalue weighted by Crippen LogP contribution is 2.23. The van der Waals surface area contributed by atoms with Crippen molar-refractivity contribution in [2.75, 3.05) is 13.1 Å². The molecule has 1 rings (SSSR count). The molecule has 0 fully saturated rings. The molecule has 0 saturated carbocycles. The maximum atomic E-state index is 13.2. The summed E-state index contributed by atoms with van der Waals surface area (Å²) < 4.78 is 26.3. The van der Waals surface area contributed by atoms with E-state index in [2.05, 4.69) is 0 Å². The average molecular weight is 286 g/mol. The zero-order chi connectivity index (χ0) is 15.3. The summed E-state index contributed by atoms with van der Waals surface area (Å²) >= 11 is 0. The summed E-state index contributed by atoms with van der Waals surface area (Å²) in [4.78, 5) is 23.6. The highest BCUT2D eigenvalue weighted by atomic mass is 19.2. The molecule has 1 amide bonds. The minimum absolute atomic E-state index is 0.342. The van der Waals surface area contributed by atoms with E-state index in [1.165, 1.54) is 4.90 Å². The van der Waals surface area contributed by atoms with Gasteiger partial charge in [0.15, 0.2) is 11.6 Å². The van der Waals surface area contributed by atoms with Gasteiger partial charge in [-0.25, -0.2) is 8.78 Å². The minimum Gasteiger partial charge on any atom is -0.339 e. The first-order valence-electron chi connectivity index (χ1n) is 6.35. The van der Waals surface area contributed by atoms with Crippen LogP contribution in [0.5, 0.6) is 0 Å². The number of rotatable bonds is 6. The van der Waals surface area contributed by atoms with E-state index in [0.717, 1.165) is 12.8 Å². The molecular weight excluding hydrogens is 270 g/mol. The number of hydrogen-bond acceptors (Lipinski definition) is 3. The highest BCUT2D eigenvalue weighted by molar-refractivity contribution is 5.98. The van der Waals surface area contributed by atoms with E-state index in [0.29, 0.717) is 25.2 Å². The Morgan fingerprint density at radius 1 is 1.30 bits per heavy atom. The Morgan fingerprint density at radius 2 is 1.90 bits per heavy atom. The molecule has 0 aromatic heterocycles. The molecule has 0 spiro atoms. The van der Waals surface area contributed by atoms with Crippen molar-refractivity contribution in [1.29, 1.82) is 0 Å². The van der Waals surface area contributed by atoms with Gasteiger partial charge in [0.2, 0.25) is 0 Å². The van der Waals surface area contributed by atoms with Crippen LogP contribution in [0.2, 0.25) is 0 Å². The molecule has 1 aromatic rings. The number of amides is 1. The van der Waals surface area contributed by atoms with Crippen LogP contribution in [0, 0.1) is 21.7 Å². The second-order valence-corrected chi connectivity index (χ2v) is 4.28.